The highest BCUT2D eigenvalue weighted by atomic mass is 32.1. The number of thiazole rings is 2. The number of methoxy groups -OCH3 is 1. The van der Waals surface area contributed by atoms with Gasteiger partial charge in [0.1, 0.15) is 0 Å². The van der Waals surface area contributed by atoms with Gasteiger partial charge in [-0.3, -0.25) is 10.2 Å². The average Bonchev–Trinajstić information content (AvgIpc) is 3.17. The van der Waals surface area contributed by atoms with Gasteiger partial charge >= 0.3 is 6.03 Å². The number of hydrogen-bond acceptors (Lipinski definition) is 7. The molecule has 0 spiro atoms. The maximum absolute atomic E-state index is 12.3. The number of nitrogens with one attached hydrogen (secondary N) is 1. The monoisotopic (exact) mass is 367 g/mol. The Hall–Kier alpha value is -1.55. The van der Waals surface area contributed by atoms with E-state index in [1.54, 1.807) is 18.4 Å². The first-order chi connectivity index (χ1) is 11.6. The lowest BCUT2D eigenvalue weighted by Gasteiger charge is -2.34. The fraction of sp³-hybridized carbons (Fsp3) is 0.533. The Morgan fingerprint density at radius 2 is 1.96 bits per heavy atom. The van der Waals surface area contributed by atoms with E-state index in [0.717, 1.165) is 36.0 Å². The second-order valence-corrected chi connectivity index (χ2v) is 7.55. The van der Waals surface area contributed by atoms with Crippen LogP contribution in [0.2, 0.25) is 0 Å². The van der Waals surface area contributed by atoms with Gasteiger partial charge in [-0.15, -0.1) is 22.7 Å². The summed E-state index contributed by atoms with van der Waals surface area (Å²) in [5.41, 5.74) is 1.95. The Kier molecular flexibility index (Phi) is 5.77. The molecule has 0 bridgehead atoms. The fourth-order valence-electron chi connectivity index (χ4n) is 2.57. The Morgan fingerprint density at radius 1 is 1.21 bits per heavy atom. The Balaban J connectivity index is 1.46. The Labute approximate surface area is 149 Å². The minimum Gasteiger partial charge on any atom is -0.378 e. The fourth-order valence-corrected chi connectivity index (χ4v) is 3.86. The van der Waals surface area contributed by atoms with Crippen LogP contribution < -0.4 is 5.32 Å². The molecule has 3 heterocycles. The van der Waals surface area contributed by atoms with Crippen LogP contribution in [0.25, 0.3) is 0 Å². The number of carbonyl (C=O) groups is 1. The van der Waals surface area contributed by atoms with E-state index in [2.05, 4.69) is 25.6 Å². The molecule has 1 saturated heterocycles. The Morgan fingerprint density at radius 3 is 2.62 bits per heavy atom. The van der Waals surface area contributed by atoms with Crippen LogP contribution in [-0.4, -0.2) is 59.1 Å². The van der Waals surface area contributed by atoms with Crippen LogP contribution in [-0.2, 0) is 17.9 Å². The van der Waals surface area contributed by atoms with Crippen molar-refractivity contribution in [2.75, 3.05) is 38.6 Å². The summed E-state index contributed by atoms with van der Waals surface area (Å²) >= 11 is 3.10. The summed E-state index contributed by atoms with van der Waals surface area (Å²) in [7, 11) is 1.63. The van der Waals surface area contributed by atoms with Gasteiger partial charge < -0.3 is 9.64 Å². The van der Waals surface area contributed by atoms with E-state index in [4.69, 9.17) is 4.74 Å². The summed E-state index contributed by atoms with van der Waals surface area (Å²) in [6.07, 6.45) is 0. The van der Waals surface area contributed by atoms with Crippen molar-refractivity contribution in [2.45, 2.75) is 20.1 Å². The van der Waals surface area contributed by atoms with Gasteiger partial charge in [-0.1, -0.05) is 0 Å². The maximum atomic E-state index is 12.3. The number of nitrogens with zero attached hydrogens (tertiary/aromatic N) is 4. The summed E-state index contributed by atoms with van der Waals surface area (Å²) in [6, 6.07) is -0.0857. The molecule has 2 amide bonds. The maximum Gasteiger partial charge on any atom is 0.323 e. The number of urea groups is 1. The van der Waals surface area contributed by atoms with Gasteiger partial charge in [0.05, 0.1) is 23.0 Å². The number of amides is 2. The number of piperazine rings is 1. The smallest absolute Gasteiger partial charge is 0.323 e. The van der Waals surface area contributed by atoms with E-state index in [-0.39, 0.29) is 6.03 Å². The highest BCUT2D eigenvalue weighted by Crippen LogP contribution is 2.17. The van der Waals surface area contributed by atoms with E-state index in [9.17, 15) is 4.79 Å². The summed E-state index contributed by atoms with van der Waals surface area (Å²) in [6.45, 7) is 6.48. The molecule has 24 heavy (non-hydrogen) atoms. The molecule has 1 fully saturated rings. The zero-order valence-electron chi connectivity index (χ0n) is 13.8. The van der Waals surface area contributed by atoms with Gasteiger partial charge in [0.25, 0.3) is 0 Å². The molecule has 1 aliphatic heterocycles. The summed E-state index contributed by atoms with van der Waals surface area (Å²) in [5, 5.41) is 8.58. The van der Waals surface area contributed by atoms with Gasteiger partial charge in [0.15, 0.2) is 5.13 Å². The standard InChI is InChI=1S/C15H21N5O2S2/c1-11-16-12(9-23-11)7-19-3-5-20(6-4-19)15(21)18-14-17-13(8-22-2)10-24-14/h9-10H,3-8H2,1-2H3,(H,17,18,21). The van der Waals surface area contributed by atoms with Crippen molar-refractivity contribution in [3.05, 3.63) is 27.2 Å². The molecule has 130 valence electrons. The van der Waals surface area contributed by atoms with E-state index < -0.39 is 0 Å². The lowest BCUT2D eigenvalue weighted by atomic mass is 10.3. The normalized spacial score (nSPS) is 15.7. The van der Waals surface area contributed by atoms with Crippen molar-refractivity contribution in [3.63, 3.8) is 0 Å². The summed E-state index contributed by atoms with van der Waals surface area (Å²) in [5.74, 6) is 0. The molecule has 0 aliphatic carbocycles. The zero-order valence-corrected chi connectivity index (χ0v) is 15.5. The van der Waals surface area contributed by atoms with Crippen LogP contribution >= 0.6 is 22.7 Å². The molecule has 1 N–H and O–H groups in total. The van der Waals surface area contributed by atoms with Gasteiger partial charge in [-0.05, 0) is 6.92 Å². The number of ether oxygens (including phenoxy) is 1. The molecule has 0 atom stereocenters. The van der Waals surface area contributed by atoms with Crippen LogP contribution in [0.15, 0.2) is 10.8 Å². The molecular formula is C15H21N5O2S2. The van der Waals surface area contributed by atoms with Gasteiger partial charge in [-0.2, -0.15) is 0 Å². The predicted octanol–water partition coefficient (Wildman–Crippen LogP) is 2.40. The quantitative estimate of drug-likeness (QED) is 0.879. The Bertz CT molecular complexity index is 679. The predicted molar refractivity (Wildman–Crippen MR) is 95.5 cm³/mol. The molecule has 1 aliphatic rings. The SMILES string of the molecule is COCc1csc(NC(=O)N2CCN(Cc3csc(C)n3)CC2)n1. The number of rotatable bonds is 5. The summed E-state index contributed by atoms with van der Waals surface area (Å²) in [4.78, 5) is 25.3. The van der Waals surface area contributed by atoms with Crippen LogP contribution in [0.5, 0.6) is 0 Å². The third-order valence-corrected chi connectivity index (χ3v) is 5.40. The minimum atomic E-state index is -0.0857. The molecule has 2 aromatic rings. The van der Waals surface area contributed by atoms with Crippen molar-refractivity contribution < 1.29 is 9.53 Å². The highest BCUT2D eigenvalue weighted by Gasteiger charge is 2.22. The third-order valence-electron chi connectivity index (χ3n) is 3.77. The van der Waals surface area contributed by atoms with Crippen LogP contribution in [0, 0.1) is 6.92 Å². The first kappa shape index (κ1) is 17.3. The third kappa shape index (κ3) is 4.50. The number of carbonyl (C=O) groups excluding carboxylic acids is 1. The molecule has 0 aromatic carbocycles. The van der Waals surface area contributed by atoms with Crippen molar-refractivity contribution in [2.24, 2.45) is 0 Å². The summed E-state index contributed by atoms with van der Waals surface area (Å²) < 4.78 is 5.04. The lowest BCUT2D eigenvalue weighted by Crippen LogP contribution is -2.49. The molecule has 9 heteroatoms. The lowest BCUT2D eigenvalue weighted by molar-refractivity contribution is 0.142. The van der Waals surface area contributed by atoms with Gasteiger partial charge in [0, 0.05) is 50.6 Å². The van der Waals surface area contributed by atoms with Crippen molar-refractivity contribution in [1.29, 1.82) is 0 Å². The van der Waals surface area contributed by atoms with Crippen LogP contribution in [0.3, 0.4) is 0 Å². The van der Waals surface area contributed by atoms with E-state index in [1.807, 2.05) is 17.2 Å². The molecule has 0 unspecified atom stereocenters. The van der Waals surface area contributed by atoms with Crippen LogP contribution in [0.1, 0.15) is 16.4 Å². The molecular weight excluding hydrogens is 346 g/mol. The largest absolute Gasteiger partial charge is 0.378 e. The number of anilines is 1. The highest BCUT2D eigenvalue weighted by molar-refractivity contribution is 7.13. The van der Waals surface area contributed by atoms with E-state index in [0.29, 0.717) is 24.8 Å². The minimum absolute atomic E-state index is 0.0857. The molecule has 2 aromatic heterocycles. The molecule has 0 radical (unpaired) electrons. The molecule has 0 saturated carbocycles. The molecule has 3 rings (SSSR count). The van der Waals surface area contributed by atoms with E-state index in [1.165, 1.54) is 11.3 Å². The van der Waals surface area contributed by atoms with Crippen molar-refractivity contribution in [3.8, 4) is 0 Å². The number of aromatic nitrogens is 2. The zero-order chi connectivity index (χ0) is 16.9. The van der Waals surface area contributed by atoms with Crippen LogP contribution in [0.4, 0.5) is 9.93 Å². The first-order valence-corrected chi connectivity index (χ1v) is 9.52. The van der Waals surface area contributed by atoms with Crippen molar-refractivity contribution >= 4 is 33.8 Å². The van der Waals surface area contributed by atoms with Gasteiger partial charge in [0.2, 0.25) is 0 Å². The number of hydrogen-bond donors (Lipinski definition) is 1. The first-order valence-electron chi connectivity index (χ1n) is 7.76. The van der Waals surface area contributed by atoms with E-state index >= 15 is 0 Å². The van der Waals surface area contributed by atoms with Gasteiger partial charge in [-0.25, -0.2) is 14.8 Å². The second-order valence-electron chi connectivity index (χ2n) is 5.63. The molecule has 7 nitrogen and oxygen atoms in total. The average molecular weight is 368 g/mol. The topological polar surface area (TPSA) is 70.6 Å². The second kappa shape index (κ2) is 8.02. The van der Waals surface area contributed by atoms with Crippen molar-refractivity contribution in [1.82, 2.24) is 19.8 Å². The number of aryl methyl sites for hydroxylation is 1.